The topological polar surface area (TPSA) is 53.1 Å². The van der Waals surface area contributed by atoms with Crippen molar-refractivity contribution in [1.29, 1.82) is 0 Å². The SMILES string of the molecule is CC(C)c1[nH]c2ccccc2c1CCC(=O)O. The molecule has 0 aliphatic rings. The van der Waals surface area contributed by atoms with Crippen molar-refractivity contribution < 1.29 is 9.90 Å². The third kappa shape index (κ3) is 2.33. The summed E-state index contributed by atoms with van der Waals surface area (Å²) in [4.78, 5) is 14.1. The number of aryl methyl sites for hydroxylation is 1. The van der Waals surface area contributed by atoms with Gasteiger partial charge in [0.1, 0.15) is 0 Å². The van der Waals surface area contributed by atoms with E-state index in [9.17, 15) is 4.79 Å². The van der Waals surface area contributed by atoms with Crippen LogP contribution >= 0.6 is 0 Å². The minimum Gasteiger partial charge on any atom is -0.481 e. The molecular weight excluding hydrogens is 214 g/mol. The quantitative estimate of drug-likeness (QED) is 0.848. The molecule has 0 aliphatic carbocycles. The van der Waals surface area contributed by atoms with E-state index in [2.05, 4.69) is 24.9 Å². The van der Waals surface area contributed by atoms with E-state index in [-0.39, 0.29) is 6.42 Å². The third-order valence-electron chi connectivity index (χ3n) is 3.01. The molecule has 0 fully saturated rings. The minimum absolute atomic E-state index is 0.182. The molecule has 2 aromatic rings. The highest BCUT2D eigenvalue weighted by Crippen LogP contribution is 2.28. The number of aromatic amines is 1. The number of fused-ring (bicyclic) bond motifs is 1. The maximum absolute atomic E-state index is 10.7. The third-order valence-corrected chi connectivity index (χ3v) is 3.01. The summed E-state index contributed by atoms with van der Waals surface area (Å²) in [7, 11) is 0. The molecule has 2 rings (SSSR count). The number of rotatable bonds is 4. The van der Waals surface area contributed by atoms with Crippen LogP contribution < -0.4 is 0 Å². The number of aromatic nitrogens is 1. The monoisotopic (exact) mass is 231 g/mol. The Morgan fingerprint density at radius 3 is 2.71 bits per heavy atom. The van der Waals surface area contributed by atoms with Crippen molar-refractivity contribution in [2.24, 2.45) is 0 Å². The molecule has 1 aromatic carbocycles. The summed E-state index contributed by atoms with van der Waals surface area (Å²) in [6.07, 6.45) is 0.772. The lowest BCUT2D eigenvalue weighted by atomic mass is 10.00. The predicted octanol–water partition coefficient (Wildman–Crippen LogP) is 3.31. The molecule has 90 valence electrons. The first-order valence-electron chi connectivity index (χ1n) is 5.91. The number of nitrogens with one attached hydrogen (secondary N) is 1. The van der Waals surface area contributed by atoms with Crippen LogP contribution in [0.5, 0.6) is 0 Å². The molecule has 1 heterocycles. The van der Waals surface area contributed by atoms with Crippen LogP contribution in [-0.4, -0.2) is 16.1 Å². The van der Waals surface area contributed by atoms with E-state index in [1.807, 2.05) is 18.2 Å². The number of aliphatic carboxylic acids is 1. The average molecular weight is 231 g/mol. The van der Waals surface area contributed by atoms with Crippen molar-refractivity contribution in [3.63, 3.8) is 0 Å². The van der Waals surface area contributed by atoms with Crippen LogP contribution in [0.2, 0.25) is 0 Å². The van der Waals surface area contributed by atoms with Crippen LogP contribution in [0, 0.1) is 0 Å². The van der Waals surface area contributed by atoms with Gasteiger partial charge in [-0.05, 0) is 24.0 Å². The van der Waals surface area contributed by atoms with Gasteiger partial charge in [-0.2, -0.15) is 0 Å². The number of benzene rings is 1. The fourth-order valence-corrected chi connectivity index (χ4v) is 2.21. The Morgan fingerprint density at radius 2 is 2.06 bits per heavy atom. The summed E-state index contributed by atoms with van der Waals surface area (Å²) in [5.74, 6) is -0.365. The van der Waals surface area contributed by atoms with E-state index in [0.717, 1.165) is 22.2 Å². The van der Waals surface area contributed by atoms with Gasteiger partial charge in [0.25, 0.3) is 0 Å². The minimum atomic E-state index is -0.745. The van der Waals surface area contributed by atoms with Crippen molar-refractivity contribution in [3.05, 3.63) is 35.5 Å². The highest BCUT2D eigenvalue weighted by Gasteiger charge is 2.14. The Hall–Kier alpha value is -1.77. The number of H-pyrrole nitrogens is 1. The van der Waals surface area contributed by atoms with Gasteiger partial charge in [0.05, 0.1) is 0 Å². The Kier molecular flexibility index (Phi) is 3.18. The van der Waals surface area contributed by atoms with Crippen LogP contribution in [0.1, 0.15) is 37.4 Å². The number of para-hydroxylation sites is 1. The summed E-state index contributed by atoms with van der Waals surface area (Å²) in [5.41, 5.74) is 3.40. The largest absolute Gasteiger partial charge is 0.481 e. The zero-order valence-corrected chi connectivity index (χ0v) is 10.2. The summed E-state index contributed by atoms with van der Waals surface area (Å²) in [5, 5.41) is 9.95. The van der Waals surface area contributed by atoms with E-state index >= 15 is 0 Å². The van der Waals surface area contributed by atoms with Gasteiger partial charge in [-0.25, -0.2) is 0 Å². The molecule has 3 heteroatoms. The van der Waals surface area contributed by atoms with E-state index in [1.165, 1.54) is 0 Å². The smallest absolute Gasteiger partial charge is 0.303 e. The highest BCUT2D eigenvalue weighted by atomic mass is 16.4. The fraction of sp³-hybridized carbons (Fsp3) is 0.357. The first-order chi connectivity index (χ1) is 8.09. The zero-order chi connectivity index (χ0) is 12.4. The van der Waals surface area contributed by atoms with Gasteiger partial charge in [0, 0.05) is 23.0 Å². The Labute approximate surface area is 100 Å². The number of carboxylic acids is 1. The average Bonchev–Trinajstić information content (AvgIpc) is 2.65. The molecule has 1 aromatic heterocycles. The molecule has 0 saturated carbocycles. The van der Waals surface area contributed by atoms with Gasteiger partial charge in [-0.1, -0.05) is 32.0 Å². The van der Waals surface area contributed by atoms with Crippen LogP contribution in [0.4, 0.5) is 0 Å². The Balaban J connectivity index is 2.48. The molecule has 0 spiro atoms. The molecule has 3 nitrogen and oxygen atoms in total. The molecule has 17 heavy (non-hydrogen) atoms. The van der Waals surface area contributed by atoms with Crippen molar-refractivity contribution >= 4 is 16.9 Å². The van der Waals surface area contributed by atoms with E-state index in [0.29, 0.717) is 12.3 Å². The summed E-state index contributed by atoms with van der Waals surface area (Å²) < 4.78 is 0. The molecular formula is C14H17NO2. The summed E-state index contributed by atoms with van der Waals surface area (Å²) >= 11 is 0. The van der Waals surface area contributed by atoms with Gasteiger partial charge >= 0.3 is 5.97 Å². The van der Waals surface area contributed by atoms with Gasteiger partial charge in [0.2, 0.25) is 0 Å². The van der Waals surface area contributed by atoms with Gasteiger partial charge in [0.15, 0.2) is 0 Å². The molecule has 0 radical (unpaired) electrons. The fourth-order valence-electron chi connectivity index (χ4n) is 2.21. The molecule has 0 amide bonds. The van der Waals surface area contributed by atoms with Crippen molar-refractivity contribution in [3.8, 4) is 0 Å². The lowest BCUT2D eigenvalue weighted by molar-refractivity contribution is -0.136. The predicted molar refractivity (Wildman–Crippen MR) is 68.3 cm³/mol. The van der Waals surface area contributed by atoms with Crippen LogP contribution in [0.25, 0.3) is 10.9 Å². The number of hydrogen-bond donors (Lipinski definition) is 2. The Bertz CT molecular complexity index is 540. The summed E-state index contributed by atoms with van der Waals surface area (Å²) in [6, 6.07) is 8.06. The lowest BCUT2D eigenvalue weighted by Gasteiger charge is -2.06. The van der Waals surface area contributed by atoms with Crippen molar-refractivity contribution in [2.75, 3.05) is 0 Å². The molecule has 0 saturated heterocycles. The maximum atomic E-state index is 10.7. The lowest BCUT2D eigenvalue weighted by Crippen LogP contribution is -2.00. The number of hydrogen-bond acceptors (Lipinski definition) is 1. The van der Waals surface area contributed by atoms with Gasteiger partial charge in [-0.15, -0.1) is 0 Å². The molecule has 2 N–H and O–H groups in total. The van der Waals surface area contributed by atoms with Crippen LogP contribution in [0.15, 0.2) is 24.3 Å². The molecule has 0 atom stereocenters. The van der Waals surface area contributed by atoms with Crippen molar-refractivity contribution in [1.82, 2.24) is 4.98 Å². The number of carbonyl (C=O) groups is 1. The second-order valence-corrected chi connectivity index (χ2v) is 4.61. The zero-order valence-electron chi connectivity index (χ0n) is 10.2. The highest BCUT2D eigenvalue weighted by molar-refractivity contribution is 5.85. The van der Waals surface area contributed by atoms with Gasteiger partial charge < -0.3 is 10.1 Å². The van der Waals surface area contributed by atoms with E-state index in [1.54, 1.807) is 0 Å². The van der Waals surface area contributed by atoms with Crippen LogP contribution in [0.3, 0.4) is 0 Å². The molecule has 0 bridgehead atoms. The van der Waals surface area contributed by atoms with Crippen molar-refractivity contribution in [2.45, 2.75) is 32.6 Å². The number of carboxylic acid groups (broad SMARTS) is 1. The standard InChI is InChI=1S/C14H17NO2/c1-9(2)14-11(7-8-13(16)17)10-5-3-4-6-12(10)15-14/h3-6,9,15H,7-8H2,1-2H3,(H,16,17). The first kappa shape index (κ1) is 11.7. The first-order valence-corrected chi connectivity index (χ1v) is 5.91. The maximum Gasteiger partial charge on any atom is 0.303 e. The van der Waals surface area contributed by atoms with Gasteiger partial charge in [-0.3, -0.25) is 4.79 Å². The van der Waals surface area contributed by atoms with E-state index in [4.69, 9.17) is 5.11 Å². The second kappa shape index (κ2) is 4.62. The van der Waals surface area contributed by atoms with Crippen LogP contribution in [-0.2, 0) is 11.2 Å². The van der Waals surface area contributed by atoms with E-state index < -0.39 is 5.97 Å². The summed E-state index contributed by atoms with van der Waals surface area (Å²) in [6.45, 7) is 4.24. The molecule has 0 unspecified atom stereocenters. The normalized spacial score (nSPS) is 11.2. The second-order valence-electron chi connectivity index (χ2n) is 4.61. The Morgan fingerprint density at radius 1 is 1.35 bits per heavy atom. The molecule has 0 aliphatic heterocycles.